The number of hydrogen-bond acceptors (Lipinski definition) is 4. The van der Waals surface area contributed by atoms with Crippen LogP contribution < -0.4 is 14.8 Å². The summed E-state index contributed by atoms with van der Waals surface area (Å²) in [6.45, 7) is 7.56. The Hall–Kier alpha value is -3.02. The Morgan fingerprint density at radius 3 is 2.31 bits per heavy atom. The van der Waals surface area contributed by atoms with E-state index < -0.39 is 11.6 Å². The normalized spacial score (nSPS) is 12.0. The number of nitrogens with zero attached hydrogens (tertiary/aromatic N) is 1. The van der Waals surface area contributed by atoms with E-state index in [4.69, 9.17) is 9.47 Å². The third-order valence-corrected chi connectivity index (χ3v) is 4.26. The fourth-order valence-corrected chi connectivity index (χ4v) is 2.77. The van der Waals surface area contributed by atoms with Gasteiger partial charge in [-0.3, -0.25) is 9.59 Å². The lowest BCUT2D eigenvalue weighted by Gasteiger charge is -2.31. The van der Waals surface area contributed by atoms with Crippen LogP contribution in [0.1, 0.15) is 33.3 Å². The molecule has 2 aromatic carbocycles. The van der Waals surface area contributed by atoms with Gasteiger partial charge in [0.05, 0.1) is 7.11 Å². The Bertz CT molecular complexity index is 815. The van der Waals surface area contributed by atoms with Crippen molar-refractivity contribution in [3.8, 4) is 11.5 Å². The first kappa shape index (κ1) is 22.3. The molecule has 0 spiro atoms. The number of hydrogen-bond donors (Lipinski definition) is 1. The summed E-state index contributed by atoms with van der Waals surface area (Å²) >= 11 is 0. The SMILES string of the molecule is COc1cccc(CN(C(=O)COc2ccccc2)[C@@H](C)C(=O)NC(C)(C)C)c1. The molecule has 1 atom stereocenters. The van der Waals surface area contributed by atoms with Crippen molar-refractivity contribution >= 4 is 11.8 Å². The van der Waals surface area contributed by atoms with E-state index in [0.717, 1.165) is 5.56 Å². The van der Waals surface area contributed by atoms with Crippen molar-refractivity contribution in [2.75, 3.05) is 13.7 Å². The number of carbonyl (C=O) groups is 2. The lowest BCUT2D eigenvalue weighted by atomic mass is 10.1. The third kappa shape index (κ3) is 7.14. The number of amides is 2. The van der Waals surface area contributed by atoms with E-state index in [-0.39, 0.29) is 25.0 Å². The number of ether oxygens (including phenoxy) is 2. The van der Waals surface area contributed by atoms with Crippen LogP contribution in [-0.4, -0.2) is 42.0 Å². The van der Waals surface area contributed by atoms with Gasteiger partial charge < -0.3 is 19.7 Å². The van der Waals surface area contributed by atoms with Gasteiger partial charge in [0.2, 0.25) is 5.91 Å². The molecule has 0 aliphatic carbocycles. The van der Waals surface area contributed by atoms with Crippen molar-refractivity contribution in [2.24, 2.45) is 0 Å². The smallest absolute Gasteiger partial charge is 0.261 e. The van der Waals surface area contributed by atoms with Crippen LogP contribution in [-0.2, 0) is 16.1 Å². The number of carbonyl (C=O) groups excluding carboxylic acids is 2. The molecule has 29 heavy (non-hydrogen) atoms. The largest absolute Gasteiger partial charge is 0.497 e. The Morgan fingerprint density at radius 1 is 1.03 bits per heavy atom. The number of nitrogens with one attached hydrogen (secondary N) is 1. The van der Waals surface area contributed by atoms with Crippen molar-refractivity contribution in [3.63, 3.8) is 0 Å². The highest BCUT2D eigenvalue weighted by Gasteiger charge is 2.28. The molecule has 0 saturated carbocycles. The summed E-state index contributed by atoms with van der Waals surface area (Å²) in [4.78, 5) is 27.2. The molecule has 0 unspecified atom stereocenters. The minimum absolute atomic E-state index is 0.152. The number of benzene rings is 2. The zero-order chi connectivity index (χ0) is 21.4. The number of rotatable bonds is 8. The maximum Gasteiger partial charge on any atom is 0.261 e. The third-order valence-electron chi connectivity index (χ3n) is 4.26. The van der Waals surface area contributed by atoms with E-state index >= 15 is 0 Å². The molecule has 2 rings (SSSR count). The van der Waals surface area contributed by atoms with Crippen LogP contribution in [0.5, 0.6) is 11.5 Å². The van der Waals surface area contributed by atoms with Crippen molar-refractivity contribution < 1.29 is 19.1 Å². The highest BCUT2D eigenvalue weighted by Crippen LogP contribution is 2.17. The van der Waals surface area contributed by atoms with Crippen molar-refractivity contribution in [1.29, 1.82) is 0 Å². The van der Waals surface area contributed by atoms with E-state index in [1.807, 2.05) is 63.2 Å². The number of para-hydroxylation sites is 1. The first-order chi connectivity index (χ1) is 13.7. The Labute approximate surface area is 172 Å². The molecule has 0 radical (unpaired) electrons. The maximum absolute atomic E-state index is 13.0. The second-order valence-electron chi connectivity index (χ2n) is 7.89. The van der Waals surface area contributed by atoms with Gasteiger partial charge >= 0.3 is 0 Å². The molecule has 0 fully saturated rings. The summed E-state index contributed by atoms with van der Waals surface area (Å²) in [5, 5.41) is 2.94. The van der Waals surface area contributed by atoms with Crippen LogP contribution in [0, 0.1) is 0 Å². The van der Waals surface area contributed by atoms with Crippen molar-refractivity contribution in [3.05, 3.63) is 60.2 Å². The molecule has 0 aromatic heterocycles. The van der Waals surface area contributed by atoms with Crippen LogP contribution in [0.15, 0.2) is 54.6 Å². The van der Waals surface area contributed by atoms with Crippen LogP contribution in [0.3, 0.4) is 0 Å². The van der Waals surface area contributed by atoms with E-state index in [1.165, 1.54) is 4.90 Å². The monoisotopic (exact) mass is 398 g/mol. The van der Waals surface area contributed by atoms with Gasteiger partial charge in [-0.1, -0.05) is 30.3 Å². The predicted molar refractivity (Wildman–Crippen MR) is 113 cm³/mol. The topological polar surface area (TPSA) is 67.9 Å². The summed E-state index contributed by atoms with van der Waals surface area (Å²) in [6.07, 6.45) is 0. The van der Waals surface area contributed by atoms with Gasteiger partial charge in [-0.15, -0.1) is 0 Å². The molecule has 0 aliphatic rings. The lowest BCUT2D eigenvalue weighted by Crippen LogP contribution is -2.53. The minimum Gasteiger partial charge on any atom is -0.497 e. The number of methoxy groups -OCH3 is 1. The second-order valence-corrected chi connectivity index (χ2v) is 7.89. The van der Waals surface area contributed by atoms with Gasteiger partial charge in [0, 0.05) is 12.1 Å². The highest BCUT2D eigenvalue weighted by molar-refractivity contribution is 5.88. The molecule has 2 aromatic rings. The van der Waals surface area contributed by atoms with Gasteiger partial charge in [-0.05, 0) is 57.5 Å². The van der Waals surface area contributed by atoms with E-state index in [2.05, 4.69) is 5.32 Å². The average molecular weight is 399 g/mol. The van der Waals surface area contributed by atoms with Crippen LogP contribution in [0.4, 0.5) is 0 Å². The van der Waals surface area contributed by atoms with Gasteiger partial charge in [-0.2, -0.15) is 0 Å². The van der Waals surface area contributed by atoms with Gasteiger partial charge in [0.25, 0.3) is 5.91 Å². The minimum atomic E-state index is -0.660. The van der Waals surface area contributed by atoms with Gasteiger partial charge in [0.15, 0.2) is 6.61 Å². The molecule has 0 heterocycles. The van der Waals surface area contributed by atoms with Crippen LogP contribution in [0.2, 0.25) is 0 Å². The molecule has 6 nitrogen and oxygen atoms in total. The standard InChI is InChI=1S/C23H30N2O4/c1-17(22(27)24-23(2,3)4)25(15-18-10-9-13-20(14-18)28-5)21(26)16-29-19-11-7-6-8-12-19/h6-14,17H,15-16H2,1-5H3,(H,24,27)/t17-/m0/s1. The molecule has 0 aliphatic heterocycles. The quantitative estimate of drug-likeness (QED) is 0.740. The van der Waals surface area contributed by atoms with E-state index in [1.54, 1.807) is 26.2 Å². The molecule has 1 N–H and O–H groups in total. The first-order valence-electron chi connectivity index (χ1n) is 9.62. The van der Waals surface area contributed by atoms with E-state index in [9.17, 15) is 9.59 Å². The van der Waals surface area contributed by atoms with Crippen LogP contribution in [0.25, 0.3) is 0 Å². The Balaban J connectivity index is 2.18. The molecule has 2 amide bonds. The maximum atomic E-state index is 13.0. The summed E-state index contributed by atoms with van der Waals surface area (Å²) < 4.78 is 10.9. The molecular weight excluding hydrogens is 368 g/mol. The average Bonchev–Trinajstić information content (AvgIpc) is 2.69. The summed E-state index contributed by atoms with van der Waals surface area (Å²) in [5.41, 5.74) is 0.476. The van der Waals surface area contributed by atoms with Crippen molar-refractivity contribution in [2.45, 2.75) is 45.8 Å². The highest BCUT2D eigenvalue weighted by atomic mass is 16.5. The molecule has 156 valence electrons. The predicted octanol–water partition coefficient (Wildman–Crippen LogP) is 3.41. The van der Waals surface area contributed by atoms with Gasteiger partial charge in [0.1, 0.15) is 17.5 Å². The molecular formula is C23H30N2O4. The fourth-order valence-electron chi connectivity index (χ4n) is 2.77. The summed E-state index contributed by atoms with van der Waals surface area (Å²) in [7, 11) is 1.59. The Kier molecular flexibility index (Phi) is 7.65. The first-order valence-corrected chi connectivity index (χ1v) is 9.62. The molecule has 0 saturated heterocycles. The molecule has 6 heteroatoms. The lowest BCUT2D eigenvalue weighted by molar-refractivity contribution is -0.142. The zero-order valence-corrected chi connectivity index (χ0v) is 17.8. The van der Waals surface area contributed by atoms with Crippen molar-refractivity contribution in [1.82, 2.24) is 10.2 Å². The zero-order valence-electron chi connectivity index (χ0n) is 17.8. The fraction of sp³-hybridized carbons (Fsp3) is 0.391. The second kappa shape index (κ2) is 9.96. The van der Waals surface area contributed by atoms with Gasteiger partial charge in [-0.25, -0.2) is 0 Å². The summed E-state index contributed by atoms with van der Waals surface area (Å²) in [5.74, 6) is 0.817. The molecule has 0 bridgehead atoms. The Morgan fingerprint density at radius 2 is 1.69 bits per heavy atom. The summed E-state index contributed by atoms with van der Waals surface area (Å²) in [6, 6.07) is 15.9. The van der Waals surface area contributed by atoms with Crippen LogP contribution >= 0.6 is 0 Å². The van der Waals surface area contributed by atoms with E-state index in [0.29, 0.717) is 11.5 Å².